The molecule has 1 aliphatic rings. The predicted octanol–water partition coefficient (Wildman–Crippen LogP) is 2.86. The van der Waals surface area contributed by atoms with Gasteiger partial charge in [-0.2, -0.15) is 0 Å². The minimum atomic E-state index is 0.383. The summed E-state index contributed by atoms with van der Waals surface area (Å²) in [5.74, 6) is 1.24. The molecule has 0 aromatic carbocycles. The van der Waals surface area contributed by atoms with Crippen molar-refractivity contribution in [2.75, 3.05) is 31.2 Å². The van der Waals surface area contributed by atoms with Gasteiger partial charge in [-0.25, -0.2) is 4.98 Å². The molecule has 0 saturated carbocycles. The van der Waals surface area contributed by atoms with Crippen LogP contribution in [-0.2, 0) is 4.74 Å². The van der Waals surface area contributed by atoms with E-state index in [1.165, 1.54) is 0 Å². The average Bonchev–Trinajstić information content (AvgIpc) is 2.33. The maximum atomic E-state index is 5.33. The number of hydrogen-bond donors (Lipinski definition) is 1. The van der Waals surface area contributed by atoms with Crippen molar-refractivity contribution in [2.24, 2.45) is 0 Å². The molecule has 0 radical (unpaired) electrons. The van der Waals surface area contributed by atoms with Crippen LogP contribution in [0.4, 0.5) is 5.95 Å². The van der Waals surface area contributed by atoms with Gasteiger partial charge in [0.05, 0.1) is 17.7 Å². The molecule has 0 bridgehead atoms. The molecule has 1 saturated heterocycles. The maximum absolute atomic E-state index is 5.33. The van der Waals surface area contributed by atoms with Crippen LogP contribution in [0.2, 0.25) is 0 Å². The van der Waals surface area contributed by atoms with Gasteiger partial charge in [-0.15, -0.1) is 0 Å². The minimum Gasteiger partial charge on any atom is -0.378 e. The summed E-state index contributed by atoms with van der Waals surface area (Å²) < 4.78 is 6.86. The van der Waals surface area contributed by atoms with Crippen molar-refractivity contribution in [1.82, 2.24) is 9.97 Å². The Kier molecular flexibility index (Phi) is 4.17. The van der Waals surface area contributed by atoms with Gasteiger partial charge >= 0.3 is 0 Å². The zero-order valence-corrected chi connectivity index (χ0v) is 12.4. The number of rotatable bonds is 2. The smallest absolute Gasteiger partial charge is 0.204 e. The molecule has 0 atom stereocenters. The number of anilines is 1. The van der Waals surface area contributed by atoms with Gasteiger partial charge in [0.15, 0.2) is 0 Å². The summed E-state index contributed by atoms with van der Waals surface area (Å²) in [5, 5.41) is 0. The second-order valence-electron chi connectivity index (χ2n) is 4.35. The van der Waals surface area contributed by atoms with Crippen LogP contribution in [0.1, 0.15) is 25.5 Å². The van der Waals surface area contributed by atoms with E-state index in [0.29, 0.717) is 10.6 Å². The zero-order chi connectivity index (χ0) is 12.4. The Bertz CT molecular complexity index is 455. The summed E-state index contributed by atoms with van der Waals surface area (Å²) in [4.78, 5) is 9.97. The highest BCUT2D eigenvalue weighted by Crippen LogP contribution is 2.25. The van der Waals surface area contributed by atoms with Crippen LogP contribution < -0.4 is 4.90 Å². The standard InChI is InChI=1S/C11H16BrN3OS/c1-7(2)9-8(12)10(17)14-11(13-9)15-3-5-16-6-4-15/h7H,3-6H2,1-2H3,(H,13,14,17). The highest BCUT2D eigenvalue weighted by molar-refractivity contribution is 9.10. The van der Waals surface area contributed by atoms with Crippen LogP contribution in [0.3, 0.4) is 0 Å². The summed E-state index contributed by atoms with van der Waals surface area (Å²) in [6.45, 7) is 7.47. The van der Waals surface area contributed by atoms with E-state index in [9.17, 15) is 0 Å². The fraction of sp³-hybridized carbons (Fsp3) is 0.636. The van der Waals surface area contributed by atoms with Crippen LogP contribution in [0.15, 0.2) is 4.47 Å². The Hall–Kier alpha value is -0.460. The Morgan fingerprint density at radius 2 is 2.06 bits per heavy atom. The highest BCUT2D eigenvalue weighted by atomic mass is 79.9. The van der Waals surface area contributed by atoms with Gasteiger partial charge in [0.1, 0.15) is 4.64 Å². The van der Waals surface area contributed by atoms with Gasteiger partial charge in [0.2, 0.25) is 5.95 Å². The first-order valence-corrected chi connectivity index (χ1v) is 6.92. The number of morpholine rings is 1. The van der Waals surface area contributed by atoms with Crippen molar-refractivity contribution >= 4 is 34.1 Å². The second kappa shape index (κ2) is 5.46. The van der Waals surface area contributed by atoms with E-state index in [1.54, 1.807) is 0 Å². The van der Waals surface area contributed by atoms with Crippen LogP contribution in [0, 0.1) is 4.64 Å². The Balaban J connectivity index is 2.37. The molecule has 1 fully saturated rings. The Morgan fingerprint density at radius 1 is 1.41 bits per heavy atom. The first-order chi connectivity index (χ1) is 8.09. The third kappa shape index (κ3) is 2.86. The number of hydrogen-bond acceptors (Lipinski definition) is 4. The van der Waals surface area contributed by atoms with Crippen LogP contribution in [-0.4, -0.2) is 36.3 Å². The topological polar surface area (TPSA) is 41.2 Å². The lowest BCUT2D eigenvalue weighted by Gasteiger charge is -2.28. The first kappa shape index (κ1) is 13.0. The Morgan fingerprint density at radius 3 is 2.65 bits per heavy atom. The summed E-state index contributed by atoms with van der Waals surface area (Å²) in [7, 11) is 0. The number of aromatic nitrogens is 2. The van der Waals surface area contributed by atoms with E-state index in [2.05, 4.69) is 44.6 Å². The molecule has 1 N–H and O–H groups in total. The second-order valence-corrected chi connectivity index (χ2v) is 5.53. The fourth-order valence-corrected chi connectivity index (χ4v) is 2.63. The third-order valence-corrected chi connectivity index (χ3v) is 4.13. The number of halogens is 1. The van der Waals surface area contributed by atoms with E-state index < -0.39 is 0 Å². The lowest BCUT2D eigenvalue weighted by molar-refractivity contribution is 0.122. The average molecular weight is 318 g/mol. The Labute approximate surface area is 115 Å². The van der Waals surface area contributed by atoms with E-state index in [4.69, 9.17) is 17.0 Å². The number of nitrogens with zero attached hydrogens (tertiary/aromatic N) is 2. The maximum Gasteiger partial charge on any atom is 0.204 e. The molecule has 6 heteroatoms. The summed E-state index contributed by atoms with van der Waals surface area (Å²) in [5.41, 5.74) is 1.10. The van der Waals surface area contributed by atoms with Crippen LogP contribution >= 0.6 is 28.1 Å². The molecule has 2 heterocycles. The van der Waals surface area contributed by atoms with Crippen LogP contribution in [0.5, 0.6) is 0 Å². The summed E-state index contributed by atoms with van der Waals surface area (Å²) in [6.07, 6.45) is 0. The molecule has 4 nitrogen and oxygen atoms in total. The molecule has 0 unspecified atom stereocenters. The highest BCUT2D eigenvalue weighted by Gasteiger charge is 2.16. The van der Waals surface area contributed by atoms with Gasteiger partial charge in [-0.05, 0) is 21.8 Å². The monoisotopic (exact) mass is 317 g/mol. The minimum absolute atomic E-state index is 0.383. The fourth-order valence-electron chi connectivity index (χ4n) is 1.79. The molecule has 1 aromatic rings. The summed E-state index contributed by atoms with van der Waals surface area (Å²) in [6, 6.07) is 0. The molecule has 94 valence electrons. The van der Waals surface area contributed by atoms with Crippen molar-refractivity contribution in [2.45, 2.75) is 19.8 Å². The normalized spacial score (nSPS) is 16.6. The number of ether oxygens (including phenoxy) is 1. The molecule has 17 heavy (non-hydrogen) atoms. The third-order valence-electron chi connectivity index (χ3n) is 2.77. The zero-order valence-electron chi connectivity index (χ0n) is 9.99. The van der Waals surface area contributed by atoms with Crippen LogP contribution in [0.25, 0.3) is 0 Å². The molecule has 0 spiro atoms. The van der Waals surface area contributed by atoms with Crippen molar-refractivity contribution in [3.63, 3.8) is 0 Å². The molecule has 0 aliphatic carbocycles. The van der Waals surface area contributed by atoms with Gasteiger partial charge in [-0.1, -0.05) is 26.1 Å². The molecule has 2 rings (SSSR count). The van der Waals surface area contributed by atoms with Crippen molar-refractivity contribution in [3.8, 4) is 0 Å². The lowest BCUT2D eigenvalue weighted by Crippen LogP contribution is -2.37. The lowest BCUT2D eigenvalue weighted by atomic mass is 10.1. The quantitative estimate of drug-likeness (QED) is 0.852. The van der Waals surface area contributed by atoms with Gasteiger partial charge in [0, 0.05) is 18.8 Å². The van der Waals surface area contributed by atoms with E-state index in [-0.39, 0.29) is 0 Å². The van der Waals surface area contributed by atoms with Crippen molar-refractivity contribution in [3.05, 3.63) is 14.8 Å². The molecular formula is C11H16BrN3OS. The van der Waals surface area contributed by atoms with Gasteiger partial charge in [0.25, 0.3) is 0 Å². The van der Waals surface area contributed by atoms with Crippen molar-refractivity contribution < 1.29 is 4.74 Å². The number of aromatic amines is 1. The number of H-pyrrole nitrogens is 1. The van der Waals surface area contributed by atoms with E-state index in [0.717, 1.165) is 42.4 Å². The van der Waals surface area contributed by atoms with Crippen molar-refractivity contribution in [1.29, 1.82) is 0 Å². The molecular weight excluding hydrogens is 302 g/mol. The number of nitrogens with one attached hydrogen (secondary N) is 1. The summed E-state index contributed by atoms with van der Waals surface area (Å²) >= 11 is 8.78. The van der Waals surface area contributed by atoms with Gasteiger partial charge in [-0.3, -0.25) is 0 Å². The first-order valence-electron chi connectivity index (χ1n) is 5.72. The molecule has 1 aliphatic heterocycles. The van der Waals surface area contributed by atoms with Gasteiger partial charge < -0.3 is 14.6 Å². The SMILES string of the molecule is CC(C)c1[nH]c(N2CCOCC2)nc(=S)c1Br. The predicted molar refractivity (Wildman–Crippen MR) is 74.2 cm³/mol. The van der Waals surface area contributed by atoms with E-state index >= 15 is 0 Å². The molecule has 1 aromatic heterocycles. The van der Waals surface area contributed by atoms with E-state index in [1.807, 2.05) is 0 Å². The largest absolute Gasteiger partial charge is 0.378 e. The molecule has 0 amide bonds.